The van der Waals surface area contributed by atoms with E-state index in [-0.39, 0.29) is 5.56 Å². The van der Waals surface area contributed by atoms with Crippen LogP contribution in [0.3, 0.4) is 0 Å². The fourth-order valence-electron chi connectivity index (χ4n) is 1.67. The fourth-order valence-corrected chi connectivity index (χ4v) is 1.67. The minimum absolute atomic E-state index is 0.0659. The molecule has 1 aromatic carbocycles. The van der Waals surface area contributed by atoms with E-state index in [4.69, 9.17) is 5.11 Å². The molecule has 2 aromatic rings. The molecule has 88 valence electrons. The first-order valence-corrected chi connectivity index (χ1v) is 5.16. The molecular weight excluding hydrogens is 223 g/mol. The van der Waals surface area contributed by atoms with E-state index < -0.39 is 11.8 Å². The summed E-state index contributed by atoms with van der Waals surface area (Å²) in [7, 11) is 0. The molecule has 0 aliphatic carbocycles. The molecule has 1 heterocycles. The maximum absolute atomic E-state index is 13.3. The van der Waals surface area contributed by atoms with E-state index in [1.165, 1.54) is 12.1 Å². The van der Waals surface area contributed by atoms with Gasteiger partial charge in [-0.3, -0.25) is 0 Å². The Morgan fingerprint density at radius 1 is 1.47 bits per heavy atom. The lowest BCUT2D eigenvalue weighted by Gasteiger charge is -2.06. The Kier molecular flexibility index (Phi) is 2.91. The van der Waals surface area contributed by atoms with E-state index in [0.29, 0.717) is 17.8 Å². The SMILES string of the molecule is CCn1cncc1-c1cc(F)cc(C(=O)O)c1. The highest BCUT2D eigenvalue weighted by Crippen LogP contribution is 2.22. The molecule has 0 amide bonds. The number of halogens is 1. The van der Waals surface area contributed by atoms with Crippen LogP contribution in [0.5, 0.6) is 0 Å². The van der Waals surface area contributed by atoms with Crippen LogP contribution in [0.2, 0.25) is 0 Å². The minimum Gasteiger partial charge on any atom is -0.478 e. The molecule has 0 fully saturated rings. The lowest BCUT2D eigenvalue weighted by molar-refractivity contribution is 0.0696. The number of aryl methyl sites for hydroxylation is 1. The molecule has 4 nitrogen and oxygen atoms in total. The number of carboxylic acids is 1. The van der Waals surface area contributed by atoms with Crippen LogP contribution in [0.25, 0.3) is 11.3 Å². The van der Waals surface area contributed by atoms with E-state index in [1.807, 2.05) is 11.5 Å². The van der Waals surface area contributed by atoms with Gasteiger partial charge in [0.25, 0.3) is 0 Å². The van der Waals surface area contributed by atoms with Crippen LogP contribution in [-0.4, -0.2) is 20.6 Å². The number of aromatic nitrogens is 2. The number of rotatable bonds is 3. The largest absolute Gasteiger partial charge is 0.478 e. The van der Waals surface area contributed by atoms with Crippen molar-refractivity contribution in [1.29, 1.82) is 0 Å². The maximum Gasteiger partial charge on any atom is 0.335 e. The van der Waals surface area contributed by atoms with E-state index >= 15 is 0 Å². The summed E-state index contributed by atoms with van der Waals surface area (Å²) >= 11 is 0. The highest BCUT2D eigenvalue weighted by atomic mass is 19.1. The molecule has 17 heavy (non-hydrogen) atoms. The van der Waals surface area contributed by atoms with Crippen LogP contribution in [0, 0.1) is 5.82 Å². The number of carboxylic acid groups (broad SMARTS) is 1. The van der Waals surface area contributed by atoms with Crippen molar-refractivity contribution in [3.8, 4) is 11.3 Å². The molecule has 0 saturated carbocycles. The first kappa shape index (κ1) is 11.3. The van der Waals surface area contributed by atoms with Crippen LogP contribution < -0.4 is 0 Å². The standard InChI is InChI=1S/C12H11FN2O2/c1-2-15-7-14-6-11(15)8-3-9(12(16)17)5-10(13)4-8/h3-7H,2H2,1H3,(H,16,17). The zero-order valence-corrected chi connectivity index (χ0v) is 9.22. The van der Waals surface area contributed by atoms with Gasteiger partial charge in [0, 0.05) is 12.1 Å². The van der Waals surface area contributed by atoms with Crippen molar-refractivity contribution < 1.29 is 14.3 Å². The third-order valence-electron chi connectivity index (χ3n) is 2.49. The number of hydrogen-bond acceptors (Lipinski definition) is 2. The number of carbonyl (C=O) groups is 1. The Balaban J connectivity index is 2.56. The van der Waals surface area contributed by atoms with Gasteiger partial charge in [0.2, 0.25) is 0 Å². The molecule has 2 rings (SSSR count). The van der Waals surface area contributed by atoms with E-state index in [2.05, 4.69) is 4.98 Å². The van der Waals surface area contributed by atoms with E-state index in [9.17, 15) is 9.18 Å². The molecule has 0 aliphatic rings. The summed E-state index contributed by atoms with van der Waals surface area (Å²) in [5, 5.41) is 8.87. The van der Waals surface area contributed by atoms with Gasteiger partial charge in [0.05, 0.1) is 23.8 Å². The molecule has 0 unspecified atom stereocenters. The summed E-state index contributed by atoms with van der Waals surface area (Å²) in [6.45, 7) is 2.62. The van der Waals surface area contributed by atoms with Crippen LogP contribution in [0.1, 0.15) is 17.3 Å². The minimum atomic E-state index is -1.15. The Morgan fingerprint density at radius 2 is 2.24 bits per heavy atom. The molecule has 0 radical (unpaired) electrons. The van der Waals surface area contributed by atoms with Crippen molar-refractivity contribution in [2.75, 3.05) is 0 Å². The molecule has 0 spiro atoms. The lowest BCUT2D eigenvalue weighted by Crippen LogP contribution is -2.00. The van der Waals surface area contributed by atoms with Crippen molar-refractivity contribution in [1.82, 2.24) is 9.55 Å². The van der Waals surface area contributed by atoms with E-state index in [0.717, 1.165) is 6.07 Å². The summed E-state index contributed by atoms with van der Waals surface area (Å²) in [6, 6.07) is 3.74. The monoisotopic (exact) mass is 234 g/mol. The third-order valence-corrected chi connectivity index (χ3v) is 2.49. The van der Waals surface area contributed by atoms with Crippen LogP contribution in [0.15, 0.2) is 30.7 Å². The fraction of sp³-hybridized carbons (Fsp3) is 0.167. The topological polar surface area (TPSA) is 55.1 Å². The number of hydrogen-bond donors (Lipinski definition) is 1. The molecule has 0 atom stereocenters. The van der Waals surface area contributed by atoms with Crippen molar-refractivity contribution in [2.24, 2.45) is 0 Å². The van der Waals surface area contributed by atoms with Gasteiger partial charge in [-0.15, -0.1) is 0 Å². The molecule has 1 aromatic heterocycles. The van der Waals surface area contributed by atoms with Gasteiger partial charge in [0.15, 0.2) is 0 Å². The predicted octanol–water partition coefficient (Wildman–Crippen LogP) is 2.41. The molecule has 0 saturated heterocycles. The molecule has 5 heteroatoms. The van der Waals surface area contributed by atoms with Gasteiger partial charge in [-0.1, -0.05) is 0 Å². The number of imidazole rings is 1. The van der Waals surface area contributed by atoms with Crippen LogP contribution in [-0.2, 0) is 6.54 Å². The van der Waals surface area contributed by atoms with Gasteiger partial charge in [0.1, 0.15) is 5.82 Å². The van der Waals surface area contributed by atoms with E-state index in [1.54, 1.807) is 12.5 Å². The Morgan fingerprint density at radius 3 is 2.88 bits per heavy atom. The Hall–Kier alpha value is -2.17. The molecular formula is C12H11FN2O2. The van der Waals surface area contributed by atoms with Gasteiger partial charge in [-0.05, 0) is 25.1 Å². The van der Waals surface area contributed by atoms with Crippen molar-refractivity contribution in [3.05, 3.63) is 42.1 Å². The average molecular weight is 234 g/mol. The summed E-state index contributed by atoms with van der Waals surface area (Å²) in [5.74, 6) is -1.71. The van der Waals surface area contributed by atoms with Gasteiger partial charge < -0.3 is 9.67 Å². The summed E-state index contributed by atoms with van der Waals surface area (Å²) in [6.07, 6.45) is 3.21. The second-order valence-corrected chi connectivity index (χ2v) is 3.60. The summed E-state index contributed by atoms with van der Waals surface area (Å²) < 4.78 is 15.1. The average Bonchev–Trinajstić information content (AvgIpc) is 2.76. The van der Waals surface area contributed by atoms with Gasteiger partial charge in [-0.25, -0.2) is 14.2 Å². The van der Waals surface area contributed by atoms with Crippen molar-refractivity contribution in [2.45, 2.75) is 13.5 Å². The smallest absolute Gasteiger partial charge is 0.335 e. The predicted molar refractivity (Wildman–Crippen MR) is 60.3 cm³/mol. The Labute approximate surface area is 97.3 Å². The molecule has 1 N–H and O–H groups in total. The van der Waals surface area contributed by atoms with Gasteiger partial charge >= 0.3 is 5.97 Å². The number of benzene rings is 1. The first-order chi connectivity index (χ1) is 8.11. The zero-order valence-electron chi connectivity index (χ0n) is 9.22. The highest BCUT2D eigenvalue weighted by Gasteiger charge is 2.10. The first-order valence-electron chi connectivity index (χ1n) is 5.16. The highest BCUT2D eigenvalue weighted by molar-refractivity contribution is 5.89. The lowest BCUT2D eigenvalue weighted by atomic mass is 10.1. The van der Waals surface area contributed by atoms with Crippen LogP contribution >= 0.6 is 0 Å². The molecule has 0 bridgehead atoms. The number of aromatic carboxylic acids is 1. The van der Waals surface area contributed by atoms with Crippen molar-refractivity contribution >= 4 is 5.97 Å². The number of nitrogens with zero attached hydrogens (tertiary/aromatic N) is 2. The van der Waals surface area contributed by atoms with Crippen molar-refractivity contribution in [3.63, 3.8) is 0 Å². The maximum atomic E-state index is 13.3. The third kappa shape index (κ3) is 2.18. The zero-order chi connectivity index (χ0) is 12.4. The second-order valence-electron chi connectivity index (χ2n) is 3.60. The summed E-state index contributed by atoms with van der Waals surface area (Å²) in [4.78, 5) is 14.8. The van der Waals surface area contributed by atoms with Crippen LogP contribution in [0.4, 0.5) is 4.39 Å². The quantitative estimate of drug-likeness (QED) is 0.887. The second kappa shape index (κ2) is 4.37. The Bertz CT molecular complexity index is 563. The molecule has 0 aliphatic heterocycles. The van der Waals surface area contributed by atoms with Gasteiger partial charge in [-0.2, -0.15) is 0 Å². The normalized spacial score (nSPS) is 10.5. The summed E-state index contributed by atoms with van der Waals surface area (Å²) in [5.41, 5.74) is 1.15.